The fourth-order valence-electron chi connectivity index (χ4n) is 3.06. The molecule has 0 aromatic heterocycles. The lowest BCUT2D eigenvalue weighted by atomic mass is 10.0. The van der Waals surface area contributed by atoms with Crippen LogP contribution in [-0.4, -0.2) is 25.8 Å². The molecule has 5 heteroatoms. The van der Waals surface area contributed by atoms with Crippen molar-refractivity contribution < 1.29 is 8.42 Å². The lowest BCUT2D eigenvalue weighted by Gasteiger charge is -2.30. The topological polar surface area (TPSA) is 49.4 Å². The van der Waals surface area contributed by atoms with Gasteiger partial charge in [0.05, 0.1) is 4.90 Å². The molecule has 2 aromatic carbocycles. The normalized spacial score (nSPS) is 19.1. The Hall–Kier alpha value is -1.85. The average molecular weight is 344 g/mol. The second-order valence-corrected chi connectivity index (χ2v) is 8.41. The second-order valence-electron chi connectivity index (χ2n) is 6.47. The van der Waals surface area contributed by atoms with E-state index < -0.39 is 10.0 Å². The van der Waals surface area contributed by atoms with Gasteiger partial charge in [0.25, 0.3) is 0 Å². The highest BCUT2D eigenvalue weighted by atomic mass is 32.2. The van der Waals surface area contributed by atoms with Crippen LogP contribution >= 0.6 is 0 Å². The summed E-state index contributed by atoms with van der Waals surface area (Å²) in [5.41, 5.74) is 2.11. The van der Waals surface area contributed by atoms with Crippen LogP contribution in [-0.2, 0) is 16.6 Å². The number of sulfonamides is 1. The summed E-state index contributed by atoms with van der Waals surface area (Å²) >= 11 is 0. The zero-order valence-corrected chi connectivity index (χ0v) is 14.8. The van der Waals surface area contributed by atoms with Crippen LogP contribution < -0.4 is 5.32 Å². The molecule has 2 aromatic rings. The summed E-state index contributed by atoms with van der Waals surface area (Å²) in [6.07, 6.45) is 2.05. The minimum Gasteiger partial charge on any atom is -0.381 e. The SMILES string of the molecule is CC1CCCN(S(=O)(=O)c2ccc(NCc3ccccc3)cc2)C1. The van der Waals surface area contributed by atoms with Gasteiger partial charge in [0.2, 0.25) is 10.0 Å². The van der Waals surface area contributed by atoms with Gasteiger partial charge in [-0.2, -0.15) is 4.31 Å². The van der Waals surface area contributed by atoms with E-state index in [1.54, 1.807) is 16.4 Å². The van der Waals surface area contributed by atoms with E-state index in [1.807, 2.05) is 30.3 Å². The van der Waals surface area contributed by atoms with Gasteiger partial charge in [0.1, 0.15) is 0 Å². The summed E-state index contributed by atoms with van der Waals surface area (Å²) in [6.45, 7) is 4.08. The quantitative estimate of drug-likeness (QED) is 0.899. The van der Waals surface area contributed by atoms with E-state index >= 15 is 0 Å². The smallest absolute Gasteiger partial charge is 0.243 e. The lowest BCUT2D eigenvalue weighted by Crippen LogP contribution is -2.39. The third-order valence-corrected chi connectivity index (χ3v) is 6.33. The molecule has 0 amide bonds. The van der Waals surface area contributed by atoms with Crippen LogP contribution in [0.2, 0.25) is 0 Å². The minimum absolute atomic E-state index is 0.377. The van der Waals surface area contributed by atoms with Crippen LogP contribution in [0.25, 0.3) is 0 Å². The molecular weight excluding hydrogens is 320 g/mol. The van der Waals surface area contributed by atoms with Gasteiger partial charge >= 0.3 is 0 Å². The van der Waals surface area contributed by atoms with Crippen LogP contribution in [0.15, 0.2) is 59.5 Å². The third kappa shape index (κ3) is 3.97. The Kier molecular flexibility index (Phi) is 5.21. The van der Waals surface area contributed by atoms with Gasteiger partial charge in [-0.3, -0.25) is 0 Å². The molecule has 0 spiro atoms. The van der Waals surface area contributed by atoms with Crippen molar-refractivity contribution in [1.82, 2.24) is 4.31 Å². The summed E-state index contributed by atoms with van der Waals surface area (Å²) in [4.78, 5) is 0.377. The summed E-state index contributed by atoms with van der Waals surface area (Å²) in [6, 6.07) is 17.2. The summed E-state index contributed by atoms with van der Waals surface area (Å²) in [5, 5.41) is 3.32. The molecule has 0 aliphatic carbocycles. The number of hydrogen-bond acceptors (Lipinski definition) is 3. The summed E-state index contributed by atoms with van der Waals surface area (Å²) < 4.78 is 27.1. The van der Waals surface area contributed by atoms with E-state index in [0.717, 1.165) is 25.1 Å². The monoisotopic (exact) mass is 344 g/mol. The maximum Gasteiger partial charge on any atom is 0.243 e. The number of anilines is 1. The van der Waals surface area contributed by atoms with Crippen molar-refractivity contribution in [3.63, 3.8) is 0 Å². The largest absolute Gasteiger partial charge is 0.381 e. The Labute approximate surface area is 144 Å². The average Bonchev–Trinajstić information content (AvgIpc) is 2.61. The summed E-state index contributed by atoms with van der Waals surface area (Å²) in [7, 11) is -3.37. The van der Waals surface area contributed by atoms with Crippen molar-refractivity contribution in [2.45, 2.75) is 31.2 Å². The Morgan fingerprint density at radius 2 is 1.79 bits per heavy atom. The molecule has 3 rings (SSSR count). The standard InChI is InChI=1S/C19H24N2O2S/c1-16-6-5-13-21(15-16)24(22,23)19-11-9-18(10-12-19)20-14-17-7-3-2-4-8-17/h2-4,7-12,16,20H,5-6,13-15H2,1H3. The van der Waals surface area contributed by atoms with Crippen LogP contribution in [0.5, 0.6) is 0 Å². The second kappa shape index (κ2) is 7.36. The minimum atomic E-state index is -3.37. The maximum absolute atomic E-state index is 12.7. The van der Waals surface area contributed by atoms with E-state index in [9.17, 15) is 8.42 Å². The number of hydrogen-bond donors (Lipinski definition) is 1. The Morgan fingerprint density at radius 1 is 1.08 bits per heavy atom. The van der Waals surface area contributed by atoms with Crippen molar-refractivity contribution in [1.29, 1.82) is 0 Å². The Morgan fingerprint density at radius 3 is 2.46 bits per heavy atom. The molecule has 4 nitrogen and oxygen atoms in total. The molecule has 1 unspecified atom stereocenters. The number of benzene rings is 2. The molecule has 128 valence electrons. The predicted molar refractivity (Wildman–Crippen MR) is 97.4 cm³/mol. The third-order valence-electron chi connectivity index (χ3n) is 4.45. The van der Waals surface area contributed by atoms with Crippen LogP contribution in [0.4, 0.5) is 5.69 Å². The van der Waals surface area contributed by atoms with E-state index in [2.05, 4.69) is 24.4 Å². The van der Waals surface area contributed by atoms with Crippen molar-refractivity contribution in [2.75, 3.05) is 18.4 Å². The molecule has 0 saturated carbocycles. The first-order chi connectivity index (χ1) is 11.6. The molecule has 0 radical (unpaired) electrons. The van der Waals surface area contributed by atoms with Crippen LogP contribution in [0.3, 0.4) is 0 Å². The fraction of sp³-hybridized carbons (Fsp3) is 0.368. The maximum atomic E-state index is 12.7. The highest BCUT2D eigenvalue weighted by molar-refractivity contribution is 7.89. The molecule has 1 saturated heterocycles. The molecule has 1 fully saturated rings. The van der Waals surface area contributed by atoms with Gasteiger partial charge in [-0.25, -0.2) is 8.42 Å². The number of rotatable bonds is 5. The molecular formula is C19H24N2O2S. The van der Waals surface area contributed by atoms with Gasteiger partial charge in [-0.05, 0) is 48.6 Å². The molecule has 0 bridgehead atoms. The Balaban J connectivity index is 1.67. The fourth-order valence-corrected chi connectivity index (χ4v) is 4.66. The zero-order chi connectivity index (χ0) is 17.0. The lowest BCUT2D eigenvalue weighted by molar-refractivity contribution is 0.281. The van der Waals surface area contributed by atoms with E-state index in [-0.39, 0.29) is 0 Å². The number of nitrogens with one attached hydrogen (secondary N) is 1. The van der Waals surface area contributed by atoms with E-state index in [0.29, 0.717) is 23.9 Å². The van der Waals surface area contributed by atoms with Gasteiger partial charge in [0, 0.05) is 25.3 Å². The van der Waals surface area contributed by atoms with Crippen molar-refractivity contribution in [3.05, 3.63) is 60.2 Å². The molecule has 1 atom stereocenters. The summed E-state index contributed by atoms with van der Waals surface area (Å²) in [5.74, 6) is 0.431. The number of nitrogens with zero attached hydrogens (tertiary/aromatic N) is 1. The molecule has 24 heavy (non-hydrogen) atoms. The van der Waals surface area contributed by atoms with E-state index in [1.165, 1.54) is 5.56 Å². The van der Waals surface area contributed by atoms with Crippen molar-refractivity contribution >= 4 is 15.7 Å². The van der Waals surface area contributed by atoms with E-state index in [4.69, 9.17) is 0 Å². The van der Waals surface area contributed by atoms with Gasteiger partial charge in [0.15, 0.2) is 0 Å². The van der Waals surface area contributed by atoms with Crippen LogP contribution in [0, 0.1) is 5.92 Å². The highest BCUT2D eigenvalue weighted by Crippen LogP contribution is 2.24. The Bertz CT molecular complexity index is 758. The molecule has 1 N–H and O–H groups in total. The molecule has 1 aliphatic rings. The van der Waals surface area contributed by atoms with Gasteiger partial charge in [-0.1, -0.05) is 37.3 Å². The van der Waals surface area contributed by atoms with Gasteiger partial charge in [-0.15, -0.1) is 0 Å². The predicted octanol–water partition coefficient (Wildman–Crippen LogP) is 3.72. The molecule has 1 heterocycles. The van der Waals surface area contributed by atoms with Crippen molar-refractivity contribution in [3.8, 4) is 0 Å². The van der Waals surface area contributed by atoms with Crippen LogP contribution in [0.1, 0.15) is 25.3 Å². The van der Waals surface area contributed by atoms with Crippen molar-refractivity contribution in [2.24, 2.45) is 5.92 Å². The zero-order valence-electron chi connectivity index (χ0n) is 14.0. The number of piperidine rings is 1. The first-order valence-electron chi connectivity index (χ1n) is 8.44. The van der Waals surface area contributed by atoms with Gasteiger partial charge < -0.3 is 5.32 Å². The first-order valence-corrected chi connectivity index (χ1v) is 9.88. The first kappa shape index (κ1) is 17.0. The highest BCUT2D eigenvalue weighted by Gasteiger charge is 2.28. The molecule has 1 aliphatic heterocycles.